The number of hydrogen-bond donors (Lipinski definition) is 0. The van der Waals surface area contributed by atoms with Gasteiger partial charge in [0, 0.05) is 43.3 Å². The lowest BCUT2D eigenvalue weighted by atomic mass is 9.84. The number of fused-ring (bicyclic) bond motifs is 1. The highest BCUT2D eigenvalue weighted by Gasteiger charge is 2.60. The van der Waals surface area contributed by atoms with Crippen LogP contribution in [-0.4, -0.2) is 87.5 Å². The van der Waals surface area contributed by atoms with Gasteiger partial charge in [0.15, 0.2) is 0 Å². The first-order chi connectivity index (χ1) is 20.7. The van der Waals surface area contributed by atoms with Gasteiger partial charge in [0.2, 0.25) is 5.60 Å². The van der Waals surface area contributed by atoms with Crippen molar-refractivity contribution in [2.75, 3.05) is 50.6 Å². The second kappa shape index (κ2) is 13.7. The number of nitrogens with zero attached hydrogens (tertiary/aromatic N) is 5. The number of carbonyl (C=O) groups is 2. The number of likely N-dealkylation sites (tertiary alicyclic amines) is 1. The van der Waals surface area contributed by atoms with E-state index < -0.39 is 27.6 Å². The van der Waals surface area contributed by atoms with E-state index in [2.05, 4.69) is 22.9 Å². The normalized spacial score (nSPS) is 21.0. The fraction of sp³-hybridized carbons (Fsp3) is 0.387. The molecule has 10 nitrogen and oxygen atoms in total. The third-order valence-electron chi connectivity index (χ3n) is 8.74. The number of aryl methyl sites for hydroxylation is 1. The Morgan fingerprint density at radius 1 is 0.978 bits per heavy atom. The summed E-state index contributed by atoms with van der Waals surface area (Å²) in [6, 6.07) is 16.9. The van der Waals surface area contributed by atoms with E-state index in [0.717, 1.165) is 41.6 Å². The van der Waals surface area contributed by atoms with E-state index in [9.17, 15) is 23.3 Å². The highest BCUT2D eigenvalue weighted by Crippen LogP contribution is 2.50. The number of hydrogen-bond acceptors (Lipinski definition) is 9. The lowest BCUT2D eigenvalue weighted by Gasteiger charge is -2.42. The molecule has 2 amide bonds. The largest absolute Gasteiger partial charge is 0.422 e. The topological polar surface area (TPSA) is 114 Å². The number of thiophene rings is 1. The highest BCUT2D eigenvalue weighted by atomic mass is 35.5. The Labute approximate surface area is 280 Å². The number of piperidine rings is 1. The molecule has 1 atom stereocenters. The first kappa shape index (κ1) is 34.7. The average Bonchev–Trinajstić information content (AvgIpc) is 3.64. The van der Waals surface area contributed by atoms with E-state index in [1.165, 1.54) is 24.3 Å². The highest BCUT2D eigenvalue weighted by molar-refractivity contribution is 7.95. The number of anilines is 1. The van der Waals surface area contributed by atoms with E-state index >= 15 is 0 Å². The fourth-order valence-corrected chi connectivity index (χ4v) is 8.90. The van der Waals surface area contributed by atoms with Crippen molar-refractivity contribution in [1.82, 2.24) is 14.7 Å². The van der Waals surface area contributed by atoms with E-state index in [1.807, 2.05) is 0 Å². The number of carbonyl (C=O) groups excluding carboxylic acids is 2. The molecule has 0 bridgehead atoms. The maximum absolute atomic E-state index is 14.6. The zero-order valence-electron chi connectivity index (χ0n) is 24.9. The van der Waals surface area contributed by atoms with Crippen LogP contribution in [-0.2, 0) is 25.2 Å². The van der Waals surface area contributed by atoms with Crippen LogP contribution < -0.4 is 4.31 Å². The molecule has 0 aliphatic carbocycles. The Hall–Kier alpha value is -3.18. The van der Waals surface area contributed by atoms with Gasteiger partial charge < -0.3 is 14.5 Å². The van der Waals surface area contributed by atoms with Crippen LogP contribution in [0.4, 0.5) is 10.5 Å². The summed E-state index contributed by atoms with van der Waals surface area (Å²) in [5.74, 6) is -0.918. The molecule has 1 aromatic heterocycles. The van der Waals surface area contributed by atoms with Gasteiger partial charge >= 0.3 is 6.09 Å². The van der Waals surface area contributed by atoms with Gasteiger partial charge in [-0.3, -0.25) is 9.69 Å². The molecule has 0 spiro atoms. The van der Waals surface area contributed by atoms with Gasteiger partial charge in [0.25, 0.3) is 15.9 Å². The standard InChI is InChI=1S/C31H33N5O5S2.2ClH/c1-22-6-3-4-7-25(22)31(41-30(38)35-17-15-34(16-18-35)24-11-13-33(2)14-12-24)26-20-23(21-32)9-10-27(26)36(29(31)37)43(39,40)28-8-5-19-42-28;;/h3-10,19-20,24H,11-18H2,1-2H3;2*1H. The van der Waals surface area contributed by atoms with Crippen LogP contribution in [0.2, 0.25) is 0 Å². The zero-order valence-corrected chi connectivity index (χ0v) is 28.2. The summed E-state index contributed by atoms with van der Waals surface area (Å²) >= 11 is 0.991. The van der Waals surface area contributed by atoms with Crippen molar-refractivity contribution in [2.45, 2.75) is 35.6 Å². The average molecular weight is 693 g/mol. The molecule has 3 aliphatic heterocycles. The Kier molecular flexibility index (Phi) is 10.5. The molecular weight excluding hydrogens is 657 g/mol. The number of nitriles is 1. The third kappa shape index (κ3) is 6.05. The number of rotatable bonds is 5. The van der Waals surface area contributed by atoms with Gasteiger partial charge in [-0.25, -0.2) is 4.79 Å². The molecule has 0 saturated carbocycles. The number of ether oxygens (including phenoxy) is 1. The number of sulfonamides is 1. The SMILES string of the molecule is Cc1ccccc1C1(OC(=O)N2CCN(C3CCN(C)CC3)CC2)C(=O)N(S(=O)(=O)c2cccs2)c2ccc(C#N)cc21.Cl.Cl. The fourth-order valence-electron chi connectivity index (χ4n) is 6.38. The summed E-state index contributed by atoms with van der Waals surface area (Å²) in [6.45, 7) is 6.08. The Balaban J connectivity index is 0.00000230. The molecule has 3 aromatic rings. The monoisotopic (exact) mass is 691 g/mol. The quantitative estimate of drug-likeness (QED) is 0.382. The van der Waals surface area contributed by atoms with E-state index in [-0.39, 0.29) is 45.8 Å². The Morgan fingerprint density at radius 2 is 1.67 bits per heavy atom. The second-order valence-corrected chi connectivity index (χ2v) is 14.2. The Bertz CT molecular complexity index is 1700. The lowest BCUT2D eigenvalue weighted by Crippen LogP contribution is -2.55. The molecule has 2 fully saturated rings. The van der Waals surface area contributed by atoms with Crippen molar-refractivity contribution in [3.05, 3.63) is 82.2 Å². The molecule has 45 heavy (non-hydrogen) atoms. The predicted molar refractivity (Wildman–Crippen MR) is 177 cm³/mol. The molecular formula is C31H35Cl2N5O5S2. The molecule has 14 heteroatoms. The molecule has 0 radical (unpaired) electrons. The summed E-state index contributed by atoms with van der Waals surface area (Å²) in [6.07, 6.45) is 1.46. The lowest BCUT2D eigenvalue weighted by molar-refractivity contribution is -0.132. The molecule has 4 heterocycles. The minimum Gasteiger partial charge on any atom is -0.422 e. The molecule has 1 unspecified atom stereocenters. The van der Waals surface area contributed by atoms with E-state index in [1.54, 1.807) is 47.5 Å². The first-order valence-corrected chi connectivity index (χ1v) is 16.6. The van der Waals surface area contributed by atoms with Crippen LogP contribution in [0.5, 0.6) is 0 Å². The summed E-state index contributed by atoms with van der Waals surface area (Å²) in [4.78, 5) is 34.9. The van der Waals surface area contributed by atoms with Crippen molar-refractivity contribution in [2.24, 2.45) is 0 Å². The molecule has 2 saturated heterocycles. The van der Waals surface area contributed by atoms with E-state index in [0.29, 0.717) is 43.3 Å². The molecule has 240 valence electrons. The number of piperazine rings is 1. The Morgan fingerprint density at radius 3 is 2.29 bits per heavy atom. The van der Waals surface area contributed by atoms with Crippen LogP contribution in [0.15, 0.2) is 64.2 Å². The van der Waals surface area contributed by atoms with Crippen LogP contribution in [0.3, 0.4) is 0 Å². The van der Waals surface area contributed by atoms with Crippen molar-refractivity contribution in [1.29, 1.82) is 5.26 Å². The second-order valence-electron chi connectivity index (χ2n) is 11.3. The van der Waals surface area contributed by atoms with Gasteiger partial charge in [-0.15, -0.1) is 36.2 Å². The van der Waals surface area contributed by atoms with Crippen LogP contribution in [0.25, 0.3) is 0 Å². The van der Waals surface area contributed by atoms with Crippen molar-refractivity contribution >= 4 is 63.9 Å². The summed E-state index contributed by atoms with van der Waals surface area (Å²) in [5, 5.41) is 11.4. The number of halogens is 2. The zero-order chi connectivity index (χ0) is 30.4. The van der Waals surface area contributed by atoms with Crippen LogP contribution in [0, 0.1) is 18.3 Å². The van der Waals surface area contributed by atoms with Crippen LogP contribution >= 0.6 is 36.2 Å². The predicted octanol–water partition coefficient (Wildman–Crippen LogP) is 4.60. The van der Waals surface area contributed by atoms with Crippen molar-refractivity contribution < 1.29 is 22.7 Å². The van der Waals surface area contributed by atoms with Gasteiger partial charge in [-0.1, -0.05) is 30.3 Å². The number of amides is 2. The molecule has 6 rings (SSSR count). The maximum atomic E-state index is 14.6. The minimum absolute atomic E-state index is 0. The van der Waals surface area contributed by atoms with Gasteiger partial charge in [-0.05, 0) is 75.1 Å². The van der Waals surface area contributed by atoms with E-state index in [4.69, 9.17) is 4.74 Å². The summed E-state index contributed by atoms with van der Waals surface area (Å²) in [5.41, 5.74) is -0.717. The van der Waals surface area contributed by atoms with Crippen LogP contribution in [0.1, 0.15) is 35.1 Å². The van der Waals surface area contributed by atoms with Gasteiger partial charge in [0.05, 0.1) is 17.3 Å². The smallest absolute Gasteiger partial charge is 0.411 e. The first-order valence-electron chi connectivity index (χ1n) is 14.3. The van der Waals surface area contributed by atoms with Crippen molar-refractivity contribution in [3.63, 3.8) is 0 Å². The van der Waals surface area contributed by atoms with Gasteiger partial charge in [0.1, 0.15) is 4.21 Å². The molecule has 3 aliphatic rings. The maximum Gasteiger partial charge on any atom is 0.411 e. The van der Waals surface area contributed by atoms with Crippen molar-refractivity contribution in [3.8, 4) is 6.07 Å². The minimum atomic E-state index is -4.35. The van der Waals surface area contributed by atoms with Gasteiger partial charge in [-0.2, -0.15) is 18.0 Å². The number of benzene rings is 2. The molecule has 2 aromatic carbocycles. The summed E-state index contributed by atoms with van der Waals surface area (Å²) in [7, 11) is -2.22. The molecule has 0 N–H and O–H groups in total. The third-order valence-corrected chi connectivity index (χ3v) is 11.8. The summed E-state index contributed by atoms with van der Waals surface area (Å²) < 4.78 is 34.8.